The number of benzene rings is 3. The highest BCUT2D eigenvalue weighted by molar-refractivity contribution is 5.80. The summed E-state index contributed by atoms with van der Waals surface area (Å²) in [7, 11) is 1.48. The summed E-state index contributed by atoms with van der Waals surface area (Å²) in [4.78, 5) is 14.9. The van der Waals surface area contributed by atoms with Gasteiger partial charge in [-0.3, -0.25) is 4.79 Å². The predicted octanol–water partition coefficient (Wildman–Crippen LogP) is 7.23. The topological polar surface area (TPSA) is 160 Å². The number of nitrogens with one attached hydrogen (secondary N) is 1. The Bertz CT molecular complexity index is 2610. The molecule has 4 fully saturated rings. The second-order valence-corrected chi connectivity index (χ2v) is 21.2. The Labute approximate surface area is 375 Å². The summed E-state index contributed by atoms with van der Waals surface area (Å²) >= 11 is 0. The minimum atomic E-state index is -1.07. The van der Waals surface area contributed by atoms with Gasteiger partial charge in [0.25, 0.3) is 0 Å². The fourth-order valence-corrected chi connectivity index (χ4v) is 16.7. The Morgan fingerprint density at radius 1 is 0.906 bits per heavy atom. The average Bonchev–Trinajstić information content (AvgIpc) is 3.69. The van der Waals surface area contributed by atoms with Crippen LogP contribution in [0.15, 0.2) is 90.0 Å². The van der Waals surface area contributed by atoms with Crippen LogP contribution in [-0.4, -0.2) is 68.3 Å². The number of aliphatic hydroxyl groups is 3. The van der Waals surface area contributed by atoms with Gasteiger partial charge in [-0.1, -0.05) is 78.5 Å². The molecule has 332 valence electrons. The van der Waals surface area contributed by atoms with E-state index in [1.54, 1.807) is 6.07 Å². The predicted molar refractivity (Wildman–Crippen MR) is 240 cm³/mol. The van der Waals surface area contributed by atoms with Gasteiger partial charge in [-0.15, -0.1) is 0 Å². The van der Waals surface area contributed by atoms with Crippen LogP contribution in [0.1, 0.15) is 97.4 Å². The van der Waals surface area contributed by atoms with Crippen molar-refractivity contribution in [3.8, 4) is 34.8 Å². The molecule has 1 heterocycles. The molecule has 3 saturated carbocycles. The van der Waals surface area contributed by atoms with Crippen LogP contribution in [0.25, 0.3) is 0 Å². The zero-order chi connectivity index (χ0) is 43.9. The Morgan fingerprint density at radius 2 is 1.73 bits per heavy atom. The summed E-state index contributed by atoms with van der Waals surface area (Å²) in [6.07, 6.45) is 15.0. The molecule has 1 aliphatic heterocycles. The molecule has 9 nitrogen and oxygen atoms in total. The van der Waals surface area contributed by atoms with Crippen LogP contribution in [0.5, 0.6) is 23.0 Å². The summed E-state index contributed by atoms with van der Waals surface area (Å²) in [5.41, 5.74) is 6.12. The van der Waals surface area contributed by atoms with Gasteiger partial charge in [0, 0.05) is 65.8 Å². The number of phenolic OH excluding ortho intramolecular Hbond substituents is 3. The van der Waals surface area contributed by atoms with Crippen molar-refractivity contribution < 1.29 is 40.2 Å². The molecule has 15 atom stereocenters. The number of ketones is 1. The quantitative estimate of drug-likeness (QED) is 0.0799. The minimum Gasteiger partial charge on any atom is -0.504 e. The van der Waals surface area contributed by atoms with Crippen molar-refractivity contribution in [3.05, 3.63) is 118 Å². The first kappa shape index (κ1) is 40.6. The molecule has 3 spiro atoms. The van der Waals surface area contributed by atoms with Gasteiger partial charge >= 0.3 is 0 Å². The van der Waals surface area contributed by atoms with E-state index in [0.717, 1.165) is 55.2 Å². The molecule has 0 radical (unpaired) electrons. The summed E-state index contributed by atoms with van der Waals surface area (Å²) in [6, 6.07) is 17.0. The molecule has 64 heavy (non-hydrogen) atoms. The lowest BCUT2D eigenvalue weighted by Gasteiger charge is -2.76. The second-order valence-electron chi connectivity index (χ2n) is 21.2. The molecule has 9 heteroatoms. The minimum absolute atomic E-state index is 0.00442. The van der Waals surface area contributed by atoms with Gasteiger partial charge in [0.05, 0.1) is 25.9 Å². The van der Waals surface area contributed by atoms with Crippen molar-refractivity contribution in [2.24, 2.45) is 52.3 Å². The van der Waals surface area contributed by atoms with Crippen LogP contribution in [0, 0.1) is 64.1 Å². The first-order chi connectivity index (χ1) is 31.0. The molecule has 0 aromatic heterocycles. The van der Waals surface area contributed by atoms with Crippen molar-refractivity contribution in [1.82, 2.24) is 5.32 Å². The number of hydrogen-bond acceptors (Lipinski definition) is 9. The van der Waals surface area contributed by atoms with Gasteiger partial charge in [0.15, 0.2) is 23.0 Å². The zero-order valence-corrected chi connectivity index (χ0v) is 36.4. The van der Waals surface area contributed by atoms with Crippen LogP contribution in [0.2, 0.25) is 0 Å². The first-order valence-electron chi connectivity index (χ1n) is 23.8. The Kier molecular flexibility index (Phi) is 9.26. The molecule has 3 aromatic carbocycles. The van der Waals surface area contributed by atoms with Crippen molar-refractivity contribution in [3.63, 3.8) is 0 Å². The molecule has 12 rings (SSSR count). The van der Waals surface area contributed by atoms with Gasteiger partial charge < -0.3 is 40.7 Å². The number of piperidine rings is 1. The number of aromatic hydroxyl groups is 3. The largest absolute Gasteiger partial charge is 0.504 e. The number of hydrogen-bond donors (Lipinski definition) is 7. The second kappa shape index (κ2) is 14.6. The van der Waals surface area contributed by atoms with E-state index in [9.17, 15) is 35.4 Å². The Hall–Kier alpha value is -4.85. The summed E-state index contributed by atoms with van der Waals surface area (Å²) in [6.45, 7) is 0.171. The maximum atomic E-state index is 14.9. The molecule has 4 bridgehead atoms. The summed E-state index contributed by atoms with van der Waals surface area (Å²) in [5, 5.41) is 72.9. The molecule has 0 amide bonds. The smallest absolute Gasteiger partial charge is 0.160 e. The van der Waals surface area contributed by atoms with Gasteiger partial charge in [0.2, 0.25) is 0 Å². The van der Waals surface area contributed by atoms with Gasteiger partial charge in [0.1, 0.15) is 5.78 Å². The van der Waals surface area contributed by atoms with E-state index in [4.69, 9.17) is 4.74 Å². The number of rotatable bonds is 5. The van der Waals surface area contributed by atoms with Gasteiger partial charge in [-0.05, 0) is 132 Å². The van der Waals surface area contributed by atoms with Crippen LogP contribution < -0.4 is 10.1 Å². The van der Waals surface area contributed by atoms with E-state index in [0.29, 0.717) is 36.4 Å². The summed E-state index contributed by atoms with van der Waals surface area (Å²) < 4.78 is 5.57. The van der Waals surface area contributed by atoms with Crippen molar-refractivity contribution in [2.45, 2.75) is 106 Å². The maximum absolute atomic E-state index is 14.9. The fourth-order valence-electron chi connectivity index (χ4n) is 16.7. The molecule has 7 N–H and O–H groups in total. The Balaban J connectivity index is 1.08. The fraction of sp³-hybridized carbons (Fsp3) is 0.509. The molecular weight excluding hydrogens is 803 g/mol. The lowest BCUT2D eigenvalue weighted by Crippen LogP contribution is -2.77. The average molecular weight is 862 g/mol. The summed E-state index contributed by atoms with van der Waals surface area (Å²) in [5.74, 6) is 6.59. The van der Waals surface area contributed by atoms with Crippen molar-refractivity contribution in [1.29, 1.82) is 0 Å². The van der Waals surface area contributed by atoms with Crippen molar-refractivity contribution in [2.75, 3.05) is 13.7 Å². The van der Waals surface area contributed by atoms with Gasteiger partial charge in [-0.25, -0.2) is 0 Å². The van der Waals surface area contributed by atoms with E-state index in [-0.39, 0.29) is 101 Å². The number of carbonyl (C=O) groups is 1. The number of Topliss-reactive ketones (excluding diaryl/α,β-unsaturated/α-hetero) is 1. The third-order valence-electron chi connectivity index (χ3n) is 18.8. The number of carbonyl (C=O) groups excluding carboxylic acids is 1. The number of allylic oxidation sites excluding steroid dienone is 5. The zero-order valence-electron chi connectivity index (χ0n) is 36.4. The number of ether oxygens (including phenoxy) is 1. The SMILES string of the molecule is COc1cc([C@H]2CC(=O)C[C@H](O)[C@H]3[C@H](C#C[C@@H]2Cc2ccccc2)CN[C@H]2C[C@H]4C=C5C=C[C@@H](O)C[C@@H]5C5=C[C@@H]6CCC[C@]67C[C@@]54[C@@H]4C[C@H]7c5cc(O)c(O)cc5[C@]324)c(CO)cc1O. The molecule has 0 unspecified atom stereocenters. The first-order valence-corrected chi connectivity index (χ1v) is 23.8. The third kappa shape index (κ3) is 5.49. The molecule has 3 aromatic rings. The maximum Gasteiger partial charge on any atom is 0.160 e. The third-order valence-corrected chi connectivity index (χ3v) is 18.8. The number of phenols is 3. The lowest BCUT2D eigenvalue weighted by molar-refractivity contribution is -0.175. The number of methoxy groups -OCH3 is 1. The van der Waals surface area contributed by atoms with Crippen LogP contribution in [-0.2, 0) is 23.2 Å². The highest BCUT2D eigenvalue weighted by Crippen LogP contribution is 2.82. The molecule has 1 saturated heterocycles. The van der Waals surface area contributed by atoms with Crippen molar-refractivity contribution >= 4 is 5.78 Å². The highest BCUT2D eigenvalue weighted by Gasteiger charge is 2.77. The van der Waals surface area contributed by atoms with Gasteiger partial charge in [-0.2, -0.15) is 0 Å². The molecule has 9 aliphatic rings. The van der Waals surface area contributed by atoms with E-state index in [2.05, 4.69) is 47.5 Å². The van der Waals surface area contributed by atoms with Crippen LogP contribution >= 0.6 is 0 Å². The lowest BCUT2D eigenvalue weighted by atomic mass is 9.28. The standard InChI is InChI=1S/C55H59NO8/c1-64-49-23-39(33(27-57)16-47(49)62)38-20-37(59)21-48(63)52-32(10-9-30(38)14-29-6-3-2-4-7-29)26-56-51-18-35-15-31-11-12-36(58)19-40(31)43-17-34-8-5-13-53(34)28-54(35,43)50-25-42(53)41-22-45(60)46(61)24-44(41)55(50,51)52/h2-4,6-7,11-12,15-17,22-24,30,32,34-36,38,40,42,48,50-52,56-58,60-63H,5,8,13-14,18-21,25-28H2,1H3/t30-,32-,34+,35-,36-,38+,40+,42+,48+,50+,51+,52-,53+,54+,55-/m1/s1. The van der Waals surface area contributed by atoms with E-state index in [1.165, 1.54) is 24.3 Å². The van der Waals surface area contributed by atoms with Crippen LogP contribution in [0.4, 0.5) is 0 Å². The van der Waals surface area contributed by atoms with E-state index in [1.807, 2.05) is 36.4 Å². The van der Waals surface area contributed by atoms with Crippen LogP contribution in [0.3, 0.4) is 0 Å². The molecule has 8 aliphatic carbocycles. The number of fused-ring (bicyclic) bond motifs is 6. The number of aliphatic hydroxyl groups excluding tert-OH is 3. The van der Waals surface area contributed by atoms with E-state index < -0.39 is 29.5 Å². The Morgan fingerprint density at radius 3 is 2.55 bits per heavy atom. The molecular formula is C55H59NO8. The van der Waals surface area contributed by atoms with E-state index >= 15 is 0 Å². The monoisotopic (exact) mass is 861 g/mol. The normalized spacial score (nSPS) is 40.8. The highest BCUT2D eigenvalue weighted by atomic mass is 16.5.